The molecule has 26 heavy (non-hydrogen) atoms. The number of amides is 3. The van der Waals surface area contributed by atoms with Crippen molar-refractivity contribution in [2.45, 2.75) is 50.7 Å². The first-order valence-electron chi connectivity index (χ1n) is 9.36. The zero-order chi connectivity index (χ0) is 18.3. The van der Waals surface area contributed by atoms with E-state index in [0.29, 0.717) is 30.5 Å². The average Bonchev–Trinajstić information content (AvgIpc) is 3.17. The van der Waals surface area contributed by atoms with Crippen LogP contribution < -0.4 is 10.6 Å². The third-order valence-electron chi connectivity index (χ3n) is 5.96. The molecule has 1 atom stereocenters. The number of rotatable bonds is 3. The van der Waals surface area contributed by atoms with Crippen LogP contribution in [0, 0.1) is 5.92 Å². The molecule has 0 aromatic carbocycles. The van der Waals surface area contributed by atoms with Crippen molar-refractivity contribution in [3.63, 3.8) is 0 Å². The first-order valence-corrected chi connectivity index (χ1v) is 9.36. The Balaban J connectivity index is 1.46. The smallest absolute Gasteiger partial charge is 0.325 e. The van der Waals surface area contributed by atoms with E-state index in [1.54, 1.807) is 0 Å². The number of carbonyl (C=O) groups is 2. The number of imide groups is 1. The molecule has 2 saturated heterocycles. The van der Waals surface area contributed by atoms with Crippen molar-refractivity contribution in [1.82, 2.24) is 30.6 Å². The van der Waals surface area contributed by atoms with Crippen LogP contribution in [0.2, 0.25) is 0 Å². The summed E-state index contributed by atoms with van der Waals surface area (Å²) in [6, 6.07) is -0.323. The maximum absolute atomic E-state index is 12.9. The van der Waals surface area contributed by atoms with Crippen molar-refractivity contribution >= 4 is 11.9 Å². The fourth-order valence-corrected chi connectivity index (χ4v) is 4.11. The molecule has 1 unspecified atom stereocenters. The van der Waals surface area contributed by atoms with Crippen LogP contribution in [-0.2, 0) is 11.3 Å². The summed E-state index contributed by atoms with van der Waals surface area (Å²) in [5.41, 5.74) is -0.736. The highest BCUT2D eigenvalue weighted by Gasteiger charge is 2.52. The number of piperazine rings is 1. The summed E-state index contributed by atoms with van der Waals surface area (Å²) < 4.78 is 5.33. The highest BCUT2D eigenvalue weighted by molar-refractivity contribution is 6.06. The summed E-state index contributed by atoms with van der Waals surface area (Å²) >= 11 is 0. The summed E-state index contributed by atoms with van der Waals surface area (Å²) in [4.78, 5) is 33.1. The Morgan fingerprint density at radius 2 is 2.08 bits per heavy atom. The lowest BCUT2D eigenvalue weighted by Gasteiger charge is -2.33. The number of likely N-dealkylation sites (N-methyl/N-ethyl adjacent to an activating group) is 1. The van der Waals surface area contributed by atoms with Gasteiger partial charge in [0.1, 0.15) is 12.1 Å². The predicted octanol–water partition coefficient (Wildman–Crippen LogP) is 0.646. The van der Waals surface area contributed by atoms with Gasteiger partial charge in [-0.2, -0.15) is 4.98 Å². The Morgan fingerprint density at radius 3 is 2.81 bits per heavy atom. The molecule has 3 heterocycles. The Hall–Kier alpha value is -2.00. The molecule has 3 amide bonds. The molecule has 2 N–H and O–H groups in total. The van der Waals surface area contributed by atoms with Crippen LogP contribution >= 0.6 is 0 Å². The molecule has 2 aliphatic heterocycles. The maximum atomic E-state index is 12.9. The van der Waals surface area contributed by atoms with Crippen LogP contribution in [0.1, 0.15) is 50.4 Å². The lowest BCUT2D eigenvalue weighted by molar-refractivity contribution is -0.133. The Bertz CT molecular complexity index is 696. The third-order valence-corrected chi connectivity index (χ3v) is 5.96. The van der Waals surface area contributed by atoms with Crippen molar-refractivity contribution in [3.05, 3.63) is 11.7 Å². The van der Waals surface area contributed by atoms with E-state index < -0.39 is 5.54 Å². The average molecular weight is 362 g/mol. The SMILES string of the molecule is CC1CCC2(CC1)NC(=O)N(Cc1nc(C3CNCCN3C)no1)C2=O. The maximum Gasteiger partial charge on any atom is 0.325 e. The normalized spacial score (nSPS) is 33.1. The molecule has 9 heteroatoms. The van der Waals surface area contributed by atoms with Gasteiger partial charge in [0.2, 0.25) is 5.89 Å². The van der Waals surface area contributed by atoms with Gasteiger partial charge in [0.15, 0.2) is 5.82 Å². The fraction of sp³-hybridized carbons (Fsp3) is 0.765. The van der Waals surface area contributed by atoms with Gasteiger partial charge in [0, 0.05) is 19.6 Å². The second kappa shape index (κ2) is 6.62. The standard InChI is InChI=1S/C17H26N6O3/c1-11-3-5-17(6-4-11)15(24)23(16(25)20-17)10-13-19-14(21-26-13)12-9-18-7-8-22(12)2/h11-12,18H,3-10H2,1-2H3,(H,20,25). The zero-order valence-electron chi connectivity index (χ0n) is 15.3. The van der Waals surface area contributed by atoms with Crippen molar-refractivity contribution < 1.29 is 14.1 Å². The van der Waals surface area contributed by atoms with Crippen molar-refractivity contribution in [2.24, 2.45) is 5.92 Å². The highest BCUT2D eigenvalue weighted by atomic mass is 16.5. The molecule has 142 valence electrons. The van der Waals surface area contributed by atoms with Gasteiger partial charge in [-0.25, -0.2) is 4.79 Å². The lowest BCUT2D eigenvalue weighted by atomic mass is 9.77. The third kappa shape index (κ3) is 2.99. The molecular weight excluding hydrogens is 336 g/mol. The Labute approximate surface area is 152 Å². The van der Waals surface area contributed by atoms with Gasteiger partial charge < -0.3 is 15.2 Å². The van der Waals surface area contributed by atoms with Crippen molar-refractivity contribution in [3.8, 4) is 0 Å². The van der Waals surface area contributed by atoms with Crippen LogP contribution in [0.5, 0.6) is 0 Å². The molecule has 1 aromatic rings. The van der Waals surface area contributed by atoms with Gasteiger partial charge in [0.05, 0.1) is 6.04 Å². The molecule has 1 aliphatic carbocycles. The largest absolute Gasteiger partial charge is 0.337 e. The van der Waals surface area contributed by atoms with Crippen LogP contribution in [0.15, 0.2) is 4.52 Å². The number of nitrogens with zero attached hydrogens (tertiary/aromatic N) is 4. The molecule has 3 aliphatic rings. The zero-order valence-corrected chi connectivity index (χ0v) is 15.3. The van der Waals surface area contributed by atoms with Gasteiger partial charge in [-0.1, -0.05) is 12.1 Å². The second-order valence-electron chi connectivity index (χ2n) is 7.83. The van der Waals surface area contributed by atoms with E-state index in [9.17, 15) is 9.59 Å². The van der Waals surface area contributed by atoms with E-state index in [4.69, 9.17) is 4.52 Å². The second-order valence-corrected chi connectivity index (χ2v) is 7.83. The minimum atomic E-state index is -0.736. The summed E-state index contributed by atoms with van der Waals surface area (Å²) in [6.07, 6.45) is 3.29. The minimum absolute atomic E-state index is 0.0266. The molecule has 1 spiro atoms. The molecule has 9 nitrogen and oxygen atoms in total. The van der Waals surface area contributed by atoms with E-state index in [-0.39, 0.29) is 24.5 Å². The highest BCUT2D eigenvalue weighted by Crippen LogP contribution is 2.36. The van der Waals surface area contributed by atoms with Crippen molar-refractivity contribution in [2.75, 3.05) is 26.7 Å². The monoisotopic (exact) mass is 362 g/mol. The number of aromatic nitrogens is 2. The lowest BCUT2D eigenvalue weighted by Crippen LogP contribution is -2.49. The number of carbonyl (C=O) groups excluding carboxylic acids is 2. The molecule has 4 rings (SSSR count). The predicted molar refractivity (Wildman–Crippen MR) is 92.0 cm³/mol. The van der Waals surface area contributed by atoms with E-state index >= 15 is 0 Å². The number of nitrogens with one attached hydrogen (secondary N) is 2. The fourth-order valence-electron chi connectivity index (χ4n) is 4.11. The van der Waals surface area contributed by atoms with Crippen LogP contribution in [0.25, 0.3) is 0 Å². The summed E-state index contributed by atoms with van der Waals surface area (Å²) in [5, 5.41) is 10.3. The molecular formula is C17H26N6O3. The van der Waals surface area contributed by atoms with Crippen LogP contribution in [0.3, 0.4) is 0 Å². The topological polar surface area (TPSA) is 104 Å². The first kappa shape index (κ1) is 17.4. The number of hydrogen-bond donors (Lipinski definition) is 2. The number of hydrogen-bond acceptors (Lipinski definition) is 7. The van der Waals surface area contributed by atoms with E-state index in [1.165, 1.54) is 4.90 Å². The summed E-state index contributed by atoms with van der Waals surface area (Å²) in [5.74, 6) is 1.32. The number of urea groups is 1. The molecule has 1 aromatic heterocycles. The molecule has 3 fully saturated rings. The molecule has 0 radical (unpaired) electrons. The van der Waals surface area contributed by atoms with E-state index in [0.717, 1.165) is 32.5 Å². The summed E-state index contributed by atoms with van der Waals surface area (Å²) in [6.45, 7) is 4.80. The van der Waals surface area contributed by atoms with Gasteiger partial charge >= 0.3 is 6.03 Å². The Kier molecular flexibility index (Phi) is 4.44. The Morgan fingerprint density at radius 1 is 1.31 bits per heavy atom. The van der Waals surface area contributed by atoms with E-state index in [1.807, 2.05) is 7.05 Å². The van der Waals surface area contributed by atoms with Crippen LogP contribution in [0.4, 0.5) is 4.79 Å². The van der Waals surface area contributed by atoms with Gasteiger partial charge in [-0.15, -0.1) is 0 Å². The van der Waals surface area contributed by atoms with Crippen LogP contribution in [-0.4, -0.2) is 64.1 Å². The summed E-state index contributed by atoms with van der Waals surface area (Å²) in [7, 11) is 2.02. The molecule has 0 bridgehead atoms. The van der Waals surface area contributed by atoms with Gasteiger partial charge in [-0.05, 0) is 38.6 Å². The van der Waals surface area contributed by atoms with E-state index in [2.05, 4.69) is 32.6 Å². The van der Waals surface area contributed by atoms with Crippen molar-refractivity contribution in [1.29, 1.82) is 0 Å². The minimum Gasteiger partial charge on any atom is -0.337 e. The molecule has 1 saturated carbocycles. The first-order chi connectivity index (χ1) is 12.5. The van der Waals surface area contributed by atoms with Gasteiger partial charge in [-0.3, -0.25) is 14.6 Å². The van der Waals surface area contributed by atoms with Gasteiger partial charge in [0.25, 0.3) is 5.91 Å². The quantitative estimate of drug-likeness (QED) is 0.761.